The van der Waals surface area contributed by atoms with Crippen LogP contribution in [0.3, 0.4) is 0 Å². The number of nitrogens with zero attached hydrogens (tertiary/aromatic N) is 1. The molecular formula is C12H11BrClFN2S. The Bertz CT molecular complexity index is 550. The third-order valence-corrected chi connectivity index (χ3v) is 4.16. The molecule has 0 saturated heterocycles. The zero-order valence-corrected chi connectivity index (χ0v) is 13.0. The Balaban J connectivity index is 2.24. The molecule has 0 amide bonds. The SMILES string of the molecule is Cc1nc(C(C)Nc2c(Cl)cc(F)cc2Br)cs1. The Labute approximate surface area is 122 Å². The van der Waals surface area contributed by atoms with E-state index >= 15 is 0 Å². The molecule has 6 heteroatoms. The van der Waals surface area contributed by atoms with E-state index in [4.69, 9.17) is 11.6 Å². The summed E-state index contributed by atoms with van der Waals surface area (Å²) in [4.78, 5) is 4.41. The molecule has 0 fully saturated rings. The predicted octanol–water partition coefficient (Wildman–Crippen LogP) is 5.18. The Morgan fingerprint density at radius 2 is 2.22 bits per heavy atom. The van der Waals surface area contributed by atoms with Gasteiger partial charge in [-0.15, -0.1) is 11.3 Å². The van der Waals surface area contributed by atoms with Gasteiger partial charge in [0.2, 0.25) is 0 Å². The topological polar surface area (TPSA) is 24.9 Å². The van der Waals surface area contributed by atoms with Crippen molar-refractivity contribution in [2.45, 2.75) is 19.9 Å². The summed E-state index contributed by atoms with van der Waals surface area (Å²) in [6.07, 6.45) is 0. The first-order valence-electron chi connectivity index (χ1n) is 5.30. The minimum absolute atomic E-state index is 0.00853. The standard InChI is InChI=1S/C12H11BrClFN2S/c1-6(11-5-18-7(2)17-11)16-12-9(13)3-8(15)4-10(12)14/h3-6,16H,1-2H3. The zero-order valence-electron chi connectivity index (χ0n) is 9.80. The summed E-state index contributed by atoms with van der Waals surface area (Å²) in [7, 11) is 0. The highest BCUT2D eigenvalue weighted by Gasteiger charge is 2.13. The van der Waals surface area contributed by atoms with Crippen molar-refractivity contribution in [1.29, 1.82) is 0 Å². The molecule has 1 aromatic heterocycles. The average Bonchev–Trinajstić information content (AvgIpc) is 2.70. The number of aryl methyl sites for hydroxylation is 1. The highest BCUT2D eigenvalue weighted by atomic mass is 79.9. The molecule has 1 unspecified atom stereocenters. The van der Waals surface area contributed by atoms with E-state index in [9.17, 15) is 4.39 Å². The van der Waals surface area contributed by atoms with Gasteiger partial charge in [0.05, 0.1) is 27.5 Å². The number of hydrogen-bond acceptors (Lipinski definition) is 3. The van der Waals surface area contributed by atoms with Crippen LogP contribution in [0.5, 0.6) is 0 Å². The third-order valence-electron chi connectivity index (χ3n) is 2.45. The first kappa shape index (κ1) is 13.8. The molecule has 1 N–H and O–H groups in total. The van der Waals surface area contributed by atoms with E-state index < -0.39 is 0 Å². The molecule has 18 heavy (non-hydrogen) atoms. The van der Waals surface area contributed by atoms with Crippen LogP contribution in [-0.2, 0) is 0 Å². The quantitative estimate of drug-likeness (QED) is 0.826. The lowest BCUT2D eigenvalue weighted by atomic mass is 10.2. The van der Waals surface area contributed by atoms with E-state index in [0.29, 0.717) is 15.2 Å². The van der Waals surface area contributed by atoms with Gasteiger partial charge in [-0.05, 0) is 41.9 Å². The monoisotopic (exact) mass is 348 g/mol. The van der Waals surface area contributed by atoms with Crippen LogP contribution in [0.2, 0.25) is 5.02 Å². The molecule has 2 rings (SSSR count). The second kappa shape index (κ2) is 5.55. The van der Waals surface area contributed by atoms with E-state index in [0.717, 1.165) is 10.7 Å². The smallest absolute Gasteiger partial charge is 0.125 e. The van der Waals surface area contributed by atoms with Gasteiger partial charge in [0, 0.05) is 9.85 Å². The van der Waals surface area contributed by atoms with E-state index in [-0.39, 0.29) is 11.9 Å². The zero-order chi connectivity index (χ0) is 13.3. The maximum Gasteiger partial charge on any atom is 0.125 e. The number of benzene rings is 1. The fourth-order valence-corrected chi connectivity index (χ4v) is 3.18. The summed E-state index contributed by atoms with van der Waals surface area (Å²) in [5.74, 6) is -0.366. The summed E-state index contributed by atoms with van der Waals surface area (Å²) in [6, 6.07) is 2.68. The van der Waals surface area contributed by atoms with E-state index in [1.165, 1.54) is 12.1 Å². The summed E-state index contributed by atoms with van der Waals surface area (Å²) in [6.45, 7) is 3.95. The van der Waals surface area contributed by atoms with Crippen molar-refractivity contribution >= 4 is 44.6 Å². The number of anilines is 1. The maximum absolute atomic E-state index is 13.1. The molecule has 0 aliphatic heterocycles. The van der Waals surface area contributed by atoms with Crippen LogP contribution in [0.15, 0.2) is 22.0 Å². The second-order valence-corrected chi connectivity index (χ2v) is 6.23. The normalized spacial score (nSPS) is 12.5. The van der Waals surface area contributed by atoms with Gasteiger partial charge in [-0.3, -0.25) is 0 Å². The second-order valence-electron chi connectivity index (χ2n) is 3.90. The van der Waals surface area contributed by atoms with Crippen LogP contribution in [0.25, 0.3) is 0 Å². The Morgan fingerprint density at radius 1 is 1.50 bits per heavy atom. The van der Waals surface area contributed by atoms with Crippen molar-refractivity contribution in [3.63, 3.8) is 0 Å². The van der Waals surface area contributed by atoms with Gasteiger partial charge >= 0.3 is 0 Å². The number of nitrogens with one attached hydrogen (secondary N) is 1. The molecule has 0 saturated carbocycles. The first-order valence-corrected chi connectivity index (χ1v) is 7.35. The molecule has 0 aliphatic carbocycles. The molecule has 1 aromatic carbocycles. The average molecular weight is 350 g/mol. The van der Waals surface area contributed by atoms with Crippen LogP contribution in [0, 0.1) is 12.7 Å². The minimum Gasteiger partial charge on any atom is -0.375 e. The van der Waals surface area contributed by atoms with Crippen molar-refractivity contribution in [1.82, 2.24) is 4.98 Å². The molecule has 96 valence electrons. The maximum atomic E-state index is 13.1. The Kier molecular flexibility index (Phi) is 4.25. The fraction of sp³-hybridized carbons (Fsp3) is 0.250. The first-order chi connectivity index (χ1) is 8.47. The molecule has 1 atom stereocenters. The molecule has 2 aromatic rings. The van der Waals surface area contributed by atoms with Gasteiger partial charge in [0.25, 0.3) is 0 Å². The molecule has 2 nitrogen and oxygen atoms in total. The fourth-order valence-electron chi connectivity index (χ4n) is 1.55. The number of hydrogen-bond donors (Lipinski definition) is 1. The lowest BCUT2D eigenvalue weighted by Crippen LogP contribution is -2.08. The lowest BCUT2D eigenvalue weighted by molar-refractivity contribution is 0.627. The molecule has 0 spiro atoms. The van der Waals surface area contributed by atoms with Gasteiger partial charge in [-0.25, -0.2) is 9.37 Å². The lowest BCUT2D eigenvalue weighted by Gasteiger charge is -2.16. The third kappa shape index (κ3) is 3.02. The number of aromatic nitrogens is 1. The van der Waals surface area contributed by atoms with Crippen molar-refractivity contribution in [2.75, 3.05) is 5.32 Å². The highest BCUT2D eigenvalue weighted by Crippen LogP contribution is 2.34. The highest BCUT2D eigenvalue weighted by molar-refractivity contribution is 9.10. The van der Waals surface area contributed by atoms with Gasteiger partial charge in [-0.1, -0.05) is 11.6 Å². The van der Waals surface area contributed by atoms with Crippen LogP contribution >= 0.6 is 38.9 Å². The molecule has 0 aliphatic rings. The molecule has 1 heterocycles. The van der Waals surface area contributed by atoms with Gasteiger partial charge < -0.3 is 5.32 Å². The summed E-state index contributed by atoms with van der Waals surface area (Å²) >= 11 is 10.9. The van der Waals surface area contributed by atoms with Gasteiger partial charge in [0.1, 0.15) is 5.82 Å². The number of rotatable bonds is 3. The number of halogens is 3. The Hall–Kier alpha value is -0.650. The van der Waals surface area contributed by atoms with Crippen molar-refractivity contribution in [3.05, 3.63) is 43.5 Å². The van der Waals surface area contributed by atoms with Gasteiger partial charge in [0.15, 0.2) is 0 Å². The minimum atomic E-state index is -0.366. The molecular weight excluding hydrogens is 339 g/mol. The summed E-state index contributed by atoms with van der Waals surface area (Å²) < 4.78 is 13.7. The Morgan fingerprint density at radius 3 is 2.78 bits per heavy atom. The van der Waals surface area contributed by atoms with E-state index in [1.807, 2.05) is 19.2 Å². The van der Waals surface area contributed by atoms with Crippen molar-refractivity contribution in [3.8, 4) is 0 Å². The van der Waals surface area contributed by atoms with Crippen LogP contribution in [0.4, 0.5) is 10.1 Å². The van der Waals surface area contributed by atoms with Crippen molar-refractivity contribution < 1.29 is 4.39 Å². The van der Waals surface area contributed by atoms with E-state index in [1.54, 1.807) is 11.3 Å². The largest absolute Gasteiger partial charge is 0.375 e. The van der Waals surface area contributed by atoms with Crippen LogP contribution in [0.1, 0.15) is 23.7 Å². The van der Waals surface area contributed by atoms with Crippen molar-refractivity contribution in [2.24, 2.45) is 0 Å². The van der Waals surface area contributed by atoms with Gasteiger partial charge in [-0.2, -0.15) is 0 Å². The molecule has 0 radical (unpaired) electrons. The van der Waals surface area contributed by atoms with E-state index in [2.05, 4.69) is 26.2 Å². The van der Waals surface area contributed by atoms with Crippen LogP contribution < -0.4 is 5.32 Å². The summed E-state index contributed by atoms with van der Waals surface area (Å²) in [5.41, 5.74) is 1.63. The molecule has 0 bridgehead atoms. The predicted molar refractivity (Wildman–Crippen MR) is 78.0 cm³/mol. The summed E-state index contributed by atoms with van der Waals surface area (Å²) in [5, 5.41) is 6.60. The van der Waals surface area contributed by atoms with Crippen LogP contribution in [-0.4, -0.2) is 4.98 Å². The number of thiazole rings is 1.